The first-order valence-corrected chi connectivity index (χ1v) is 8.06. The Morgan fingerprint density at radius 2 is 2.22 bits per heavy atom. The summed E-state index contributed by atoms with van der Waals surface area (Å²) in [7, 11) is 0. The van der Waals surface area contributed by atoms with Crippen molar-refractivity contribution in [3.05, 3.63) is 18.1 Å². The minimum Gasteiger partial charge on any atom is -0.334 e. The van der Waals surface area contributed by atoms with E-state index in [2.05, 4.69) is 37.5 Å². The molecule has 0 saturated carbocycles. The van der Waals surface area contributed by atoms with Crippen molar-refractivity contribution in [2.24, 2.45) is 0 Å². The minimum absolute atomic E-state index is 0.0160. The number of tetrazole rings is 1. The summed E-state index contributed by atoms with van der Waals surface area (Å²) in [5.41, 5.74) is 0.473. The van der Waals surface area contributed by atoms with E-state index >= 15 is 0 Å². The summed E-state index contributed by atoms with van der Waals surface area (Å²) in [6, 6.07) is 2.80. The van der Waals surface area contributed by atoms with Crippen molar-refractivity contribution in [1.82, 2.24) is 40.2 Å². The van der Waals surface area contributed by atoms with Crippen molar-refractivity contribution in [3.63, 3.8) is 0 Å². The molecule has 2 aromatic heterocycles. The average Bonchev–Trinajstić information content (AvgIpc) is 3.18. The molecule has 0 bridgehead atoms. The number of rotatable bonds is 3. The zero-order chi connectivity index (χ0) is 15.8. The zero-order valence-electron chi connectivity index (χ0n) is 13.1. The predicted octanol–water partition coefficient (Wildman–Crippen LogP) is 0.0842. The van der Waals surface area contributed by atoms with Crippen molar-refractivity contribution in [3.8, 4) is 5.82 Å². The Kier molecular flexibility index (Phi) is 3.56. The van der Waals surface area contributed by atoms with E-state index in [0.29, 0.717) is 23.6 Å². The van der Waals surface area contributed by atoms with Gasteiger partial charge >= 0.3 is 0 Å². The molecule has 0 spiro atoms. The summed E-state index contributed by atoms with van der Waals surface area (Å²) >= 11 is 0. The first-order chi connectivity index (χ1) is 11.2. The molecule has 1 N–H and O–H groups in total. The highest BCUT2D eigenvalue weighted by molar-refractivity contribution is 5.93. The van der Waals surface area contributed by atoms with Crippen LogP contribution in [0.4, 0.5) is 0 Å². The minimum atomic E-state index is -0.0160. The lowest BCUT2D eigenvalue weighted by molar-refractivity contribution is 0.00181. The van der Waals surface area contributed by atoms with Gasteiger partial charge in [0, 0.05) is 31.2 Å². The molecule has 0 aromatic carbocycles. The van der Waals surface area contributed by atoms with Gasteiger partial charge in [-0.05, 0) is 36.7 Å². The molecular formula is C14H20N8O. The summed E-state index contributed by atoms with van der Waals surface area (Å²) in [6.07, 6.45) is 5.30. The Morgan fingerprint density at radius 3 is 2.96 bits per heavy atom. The number of likely N-dealkylation sites (tertiary alicyclic amines) is 2. The molecule has 4 rings (SSSR count). The highest BCUT2D eigenvalue weighted by atomic mass is 16.2. The van der Waals surface area contributed by atoms with Crippen LogP contribution in [-0.2, 0) is 0 Å². The Balaban J connectivity index is 1.38. The Bertz CT molecular complexity index is 675. The van der Waals surface area contributed by atoms with E-state index in [9.17, 15) is 4.79 Å². The van der Waals surface area contributed by atoms with E-state index in [4.69, 9.17) is 0 Å². The van der Waals surface area contributed by atoms with Crippen LogP contribution in [0.15, 0.2) is 12.4 Å². The Labute approximate surface area is 133 Å². The molecule has 1 atom stereocenters. The fourth-order valence-electron chi connectivity index (χ4n) is 3.47. The lowest BCUT2D eigenvalue weighted by Gasteiger charge is -2.49. The maximum Gasteiger partial charge on any atom is 0.272 e. The monoisotopic (exact) mass is 316 g/mol. The van der Waals surface area contributed by atoms with Gasteiger partial charge in [0.15, 0.2) is 5.82 Å². The van der Waals surface area contributed by atoms with Gasteiger partial charge in [0.1, 0.15) is 12.0 Å². The third kappa shape index (κ3) is 2.61. The van der Waals surface area contributed by atoms with E-state index in [1.54, 1.807) is 6.07 Å². The first kappa shape index (κ1) is 14.3. The van der Waals surface area contributed by atoms with Gasteiger partial charge < -0.3 is 4.90 Å². The Morgan fingerprint density at radius 1 is 1.35 bits per heavy atom. The molecule has 2 aliphatic heterocycles. The largest absolute Gasteiger partial charge is 0.334 e. The molecule has 9 heteroatoms. The lowest BCUT2D eigenvalue weighted by atomic mass is 9.97. The van der Waals surface area contributed by atoms with E-state index < -0.39 is 0 Å². The number of aromatic nitrogens is 6. The van der Waals surface area contributed by atoms with Gasteiger partial charge in [0.05, 0.1) is 0 Å². The molecule has 0 radical (unpaired) electrons. The summed E-state index contributed by atoms with van der Waals surface area (Å²) < 4.78 is 1.42. The fourth-order valence-corrected chi connectivity index (χ4v) is 3.47. The third-order valence-corrected chi connectivity index (χ3v) is 4.85. The van der Waals surface area contributed by atoms with E-state index in [1.165, 1.54) is 30.3 Å². The number of carbonyl (C=O) groups excluding carboxylic acids is 1. The number of carbonyl (C=O) groups is 1. The van der Waals surface area contributed by atoms with Crippen LogP contribution in [0.5, 0.6) is 0 Å². The van der Waals surface area contributed by atoms with Crippen LogP contribution in [0.1, 0.15) is 36.7 Å². The van der Waals surface area contributed by atoms with Gasteiger partial charge in [-0.3, -0.25) is 14.8 Å². The third-order valence-electron chi connectivity index (χ3n) is 4.85. The van der Waals surface area contributed by atoms with Gasteiger partial charge in [-0.25, -0.2) is 0 Å². The number of nitrogens with zero attached hydrogens (tertiary/aromatic N) is 7. The number of H-pyrrole nitrogens is 1. The zero-order valence-corrected chi connectivity index (χ0v) is 13.1. The molecular weight excluding hydrogens is 296 g/mol. The van der Waals surface area contributed by atoms with Crippen LogP contribution in [0.3, 0.4) is 0 Å². The smallest absolute Gasteiger partial charge is 0.272 e. The van der Waals surface area contributed by atoms with Crippen molar-refractivity contribution in [2.45, 2.75) is 38.3 Å². The maximum absolute atomic E-state index is 12.5. The molecule has 0 aliphatic carbocycles. The van der Waals surface area contributed by atoms with Crippen molar-refractivity contribution in [2.75, 3.05) is 19.6 Å². The number of hydrogen-bond acceptors (Lipinski definition) is 6. The molecule has 2 saturated heterocycles. The van der Waals surface area contributed by atoms with Crippen LogP contribution in [0.25, 0.3) is 5.82 Å². The van der Waals surface area contributed by atoms with Gasteiger partial charge in [-0.1, -0.05) is 6.42 Å². The normalized spacial score (nSPS) is 23.0. The second kappa shape index (κ2) is 5.73. The molecule has 1 amide bonds. The molecule has 9 nitrogen and oxygen atoms in total. The SMILES string of the molecule is CC1CCCCN1C1CN(C(=O)c2cc(-n3cnnn3)n[nH]2)C1. The first-order valence-electron chi connectivity index (χ1n) is 8.06. The van der Waals surface area contributed by atoms with E-state index in [0.717, 1.165) is 19.6 Å². The van der Waals surface area contributed by atoms with E-state index in [1.807, 2.05) is 4.90 Å². The van der Waals surface area contributed by atoms with Crippen LogP contribution in [0.2, 0.25) is 0 Å². The number of amides is 1. The average molecular weight is 316 g/mol. The molecule has 2 aromatic rings. The lowest BCUT2D eigenvalue weighted by Crippen LogP contribution is -2.63. The molecule has 122 valence electrons. The number of piperidine rings is 1. The van der Waals surface area contributed by atoms with Crippen LogP contribution in [-0.4, -0.2) is 77.8 Å². The van der Waals surface area contributed by atoms with Gasteiger partial charge in [0.25, 0.3) is 5.91 Å². The second-order valence-corrected chi connectivity index (χ2v) is 6.34. The number of aromatic amines is 1. The summed E-state index contributed by atoms with van der Waals surface area (Å²) in [5, 5.41) is 17.7. The summed E-state index contributed by atoms with van der Waals surface area (Å²) in [5.74, 6) is 0.498. The maximum atomic E-state index is 12.5. The van der Waals surface area contributed by atoms with Crippen molar-refractivity contribution in [1.29, 1.82) is 0 Å². The second-order valence-electron chi connectivity index (χ2n) is 6.34. The quantitative estimate of drug-likeness (QED) is 0.862. The van der Waals surface area contributed by atoms with Gasteiger partial charge in [-0.2, -0.15) is 9.78 Å². The predicted molar refractivity (Wildman–Crippen MR) is 81.0 cm³/mol. The standard InChI is InChI=1S/C14H20N8O/c1-10-4-2-3-5-21(10)11-7-20(8-11)14(23)12-6-13(17-16-12)22-9-15-18-19-22/h6,9-11H,2-5,7-8H2,1H3,(H,16,17). The topological polar surface area (TPSA) is 95.8 Å². The Hall–Kier alpha value is -2.29. The summed E-state index contributed by atoms with van der Waals surface area (Å²) in [4.78, 5) is 16.9. The van der Waals surface area contributed by atoms with Crippen LogP contribution in [0, 0.1) is 0 Å². The van der Waals surface area contributed by atoms with E-state index in [-0.39, 0.29) is 5.91 Å². The molecule has 4 heterocycles. The molecule has 2 fully saturated rings. The van der Waals surface area contributed by atoms with Crippen molar-refractivity contribution < 1.29 is 4.79 Å². The highest BCUT2D eigenvalue weighted by Crippen LogP contribution is 2.25. The number of hydrogen-bond donors (Lipinski definition) is 1. The van der Waals surface area contributed by atoms with Crippen LogP contribution >= 0.6 is 0 Å². The van der Waals surface area contributed by atoms with Gasteiger partial charge in [0.2, 0.25) is 0 Å². The van der Waals surface area contributed by atoms with Crippen LogP contribution < -0.4 is 0 Å². The van der Waals surface area contributed by atoms with Crippen molar-refractivity contribution >= 4 is 5.91 Å². The number of nitrogens with one attached hydrogen (secondary N) is 1. The highest BCUT2D eigenvalue weighted by Gasteiger charge is 2.38. The molecule has 2 aliphatic rings. The summed E-state index contributed by atoms with van der Waals surface area (Å²) in [6.45, 7) is 5.03. The molecule has 23 heavy (non-hydrogen) atoms. The van der Waals surface area contributed by atoms with Gasteiger partial charge in [-0.15, -0.1) is 5.10 Å². The fraction of sp³-hybridized carbons (Fsp3) is 0.643. The molecule has 1 unspecified atom stereocenters.